The molecule has 1 nitrogen and oxygen atoms in total. The van der Waals surface area contributed by atoms with Gasteiger partial charge in [-0.1, -0.05) is 50.8 Å². The second-order valence-corrected chi connectivity index (χ2v) is 3.09. The van der Waals surface area contributed by atoms with Crippen molar-refractivity contribution in [1.82, 2.24) is 0 Å². The van der Waals surface area contributed by atoms with Crippen molar-refractivity contribution < 1.29 is 9.13 Å². The first kappa shape index (κ1) is 14.8. The summed E-state index contributed by atoms with van der Waals surface area (Å²) in [7, 11) is 0. The third-order valence-corrected chi connectivity index (χ3v) is 1.91. The summed E-state index contributed by atoms with van der Waals surface area (Å²) in [6.07, 6.45) is 2.56. The van der Waals surface area contributed by atoms with E-state index in [4.69, 9.17) is 4.74 Å². The fourth-order valence-electron chi connectivity index (χ4n) is 1.13. The van der Waals surface area contributed by atoms with Crippen LogP contribution >= 0.6 is 0 Å². The van der Waals surface area contributed by atoms with Crippen LogP contribution < -0.4 is 0 Å². The minimum atomic E-state index is -0.379. The van der Waals surface area contributed by atoms with Gasteiger partial charge in [0.25, 0.3) is 0 Å². The van der Waals surface area contributed by atoms with Crippen molar-refractivity contribution in [2.45, 2.75) is 26.7 Å². The molecule has 1 fully saturated rings. The number of hydrogen-bond donors (Lipinski definition) is 0. The van der Waals surface area contributed by atoms with Gasteiger partial charge in [-0.2, -0.15) is 0 Å². The van der Waals surface area contributed by atoms with Gasteiger partial charge in [0.2, 0.25) is 0 Å². The predicted octanol–water partition coefficient (Wildman–Crippen LogP) is 4.45. The molecule has 0 bridgehead atoms. The minimum Gasteiger partial charge on any atom is -0.381 e. The van der Waals surface area contributed by atoms with Gasteiger partial charge in [-0.25, -0.2) is 4.39 Å². The molecule has 1 aliphatic rings. The van der Waals surface area contributed by atoms with Crippen LogP contribution in [0, 0.1) is 0 Å². The quantitative estimate of drug-likeness (QED) is 0.684. The van der Waals surface area contributed by atoms with Crippen LogP contribution in [-0.2, 0) is 4.74 Å². The molecule has 16 heavy (non-hydrogen) atoms. The Morgan fingerprint density at radius 2 is 1.62 bits per heavy atom. The lowest BCUT2D eigenvalue weighted by Crippen LogP contribution is -1.74. The Morgan fingerprint density at radius 3 is 1.88 bits per heavy atom. The zero-order valence-corrected chi connectivity index (χ0v) is 10.2. The number of rotatable bonds is 1. The summed E-state index contributed by atoms with van der Waals surface area (Å²) < 4.78 is 17.2. The van der Waals surface area contributed by atoms with E-state index in [0.29, 0.717) is 5.56 Å². The second-order valence-electron chi connectivity index (χ2n) is 3.09. The van der Waals surface area contributed by atoms with Gasteiger partial charge < -0.3 is 4.74 Å². The Bertz CT molecular complexity index is 258. The van der Waals surface area contributed by atoms with E-state index in [9.17, 15) is 4.39 Å². The number of hydrogen-bond acceptors (Lipinski definition) is 1. The molecule has 2 rings (SSSR count). The van der Waals surface area contributed by atoms with E-state index >= 15 is 0 Å². The third kappa shape index (κ3) is 7.18. The van der Waals surface area contributed by atoms with Gasteiger partial charge in [0.15, 0.2) is 0 Å². The largest absolute Gasteiger partial charge is 0.381 e. The normalized spacial score (nSPS) is 12.9. The highest BCUT2D eigenvalue weighted by atomic mass is 19.1. The van der Waals surface area contributed by atoms with E-state index in [0.717, 1.165) is 13.2 Å². The molecule has 1 aromatic carbocycles. The summed E-state index contributed by atoms with van der Waals surface area (Å²) in [6, 6.07) is 8.76. The monoisotopic (exact) mass is 224 g/mol. The molecule has 90 valence electrons. The molecule has 0 radical (unpaired) electrons. The van der Waals surface area contributed by atoms with Crippen molar-refractivity contribution in [1.29, 1.82) is 0 Å². The Balaban J connectivity index is 0.000000272. The van der Waals surface area contributed by atoms with Crippen LogP contribution in [0.1, 0.15) is 32.3 Å². The van der Waals surface area contributed by atoms with Crippen LogP contribution in [0.4, 0.5) is 4.39 Å². The van der Waals surface area contributed by atoms with Crippen molar-refractivity contribution in [2.75, 3.05) is 13.2 Å². The maximum atomic E-state index is 12.2. The number of ether oxygens (including phenoxy) is 1. The Labute approximate surface area is 97.9 Å². The Kier molecular flexibility index (Phi) is 9.63. The van der Waals surface area contributed by atoms with E-state index < -0.39 is 0 Å². The highest BCUT2D eigenvalue weighted by Crippen LogP contribution is 2.10. The van der Waals surface area contributed by atoms with Gasteiger partial charge in [-0.3, -0.25) is 0 Å². The van der Waals surface area contributed by atoms with E-state index in [1.54, 1.807) is 24.3 Å². The van der Waals surface area contributed by atoms with Gasteiger partial charge in [0, 0.05) is 18.8 Å². The maximum absolute atomic E-state index is 12.2. The molecule has 1 heterocycles. The smallest absolute Gasteiger partial charge is 0.123 e. The Hall–Kier alpha value is -1.15. The SMILES string of the molecule is C1CCOC1.C=C(F)c1ccccc1.CC. The summed E-state index contributed by atoms with van der Waals surface area (Å²) in [4.78, 5) is 0. The van der Waals surface area contributed by atoms with Gasteiger partial charge in [0.1, 0.15) is 5.83 Å². The number of halogens is 1. The molecule has 2 heteroatoms. The molecule has 1 aromatic rings. The second kappa shape index (κ2) is 10.4. The first-order chi connectivity index (χ1) is 7.80. The first-order valence-corrected chi connectivity index (χ1v) is 5.78. The molecular weight excluding hydrogens is 203 g/mol. The molecule has 0 amide bonds. The lowest BCUT2D eigenvalue weighted by Gasteiger charge is -1.90. The summed E-state index contributed by atoms with van der Waals surface area (Å²) in [5.41, 5.74) is 0.553. The fourth-order valence-corrected chi connectivity index (χ4v) is 1.13. The fraction of sp³-hybridized carbons (Fsp3) is 0.429. The molecule has 0 N–H and O–H groups in total. The van der Waals surface area contributed by atoms with Crippen molar-refractivity contribution in [3.8, 4) is 0 Å². The average Bonchev–Trinajstić information content (AvgIpc) is 2.91. The van der Waals surface area contributed by atoms with Crippen molar-refractivity contribution in [3.63, 3.8) is 0 Å². The zero-order valence-electron chi connectivity index (χ0n) is 10.2. The van der Waals surface area contributed by atoms with Crippen LogP contribution in [-0.4, -0.2) is 13.2 Å². The van der Waals surface area contributed by atoms with E-state index in [1.807, 2.05) is 19.9 Å². The standard InChI is InChI=1S/C8H7F.C4H8O.C2H6/c1-7(9)8-5-3-2-4-6-8;1-2-4-5-3-1;1-2/h2-6H,1H2;1-4H2;1-2H3. The molecule has 0 saturated carbocycles. The van der Waals surface area contributed by atoms with Crippen LogP contribution in [0.25, 0.3) is 5.83 Å². The highest BCUT2D eigenvalue weighted by molar-refractivity contribution is 5.55. The minimum absolute atomic E-state index is 0.379. The molecular formula is C14H21FO. The molecule has 0 spiro atoms. The molecule has 0 atom stereocenters. The number of benzene rings is 1. The summed E-state index contributed by atoms with van der Waals surface area (Å²) in [5.74, 6) is -0.379. The molecule has 1 saturated heterocycles. The molecule has 0 aromatic heterocycles. The topological polar surface area (TPSA) is 9.23 Å². The first-order valence-electron chi connectivity index (χ1n) is 5.78. The van der Waals surface area contributed by atoms with Gasteiger partial charge >= 0.3 is 0 Å². The molecule has 0 unspecified atom stereocenters. The molecule has 0 aliphatic carbocycles. The summed E-state index contributed by atoms with van der Waals surface area (Å²) in [5, 5.41) is 0. The Morgan fingerprint density at radius 1 is 1.12 bits per heavy atom. The van der Waals surface area contributed by atoms with Crippen molar-refractivity contribution in [2.24, 2.45) is 0 Å². The van der Waals surface area contributed by atoms with Gasteiger partial charge in [-0.05, 0) is 12.8 Å². The van der Waals surface area contributed by atoms with Crippen LogP contribution in [0.5, 0.6) is 0 Å². The summed E-state index contributed by atoms with van der Waals surface area (Å²) in [6.45, 7) is 9.16. The van der Waals surface area contributed by atoms with E-state index in [-0.39, 0.29) is 5.83 Å². The predicted molar refractivity (Wildman–Crippen MR) is 68.0 cm³/mol. The maximum Gasteiger partial charge on any atom is 0.123 e. The zero-order chi connectivity index (χ0) is 12.2. The van der Waals surface area contributed by atoms with Crippen molar-refractivity contribution in [3.05, 3.63) is 42.5 Å². The van der Waals surface area contributed by atoms with Crippen LogP contribution in [0.3, 0.4) is 0 Å². The van der Waals surface area contributed by atoms with Crippen LogP contribution in [0.15, 0.2) is 36.9 Å². The van der Waals surface area contributed by atoms with Gasteiger partial charge in [-0.15, -0.1) is 0 Å². The van der Waals surface area contributed by atoms with Crippen LogP contribution in [0.2, 0.25) is 0 Å². The molecule has 1 aliphatic heterocycles. The summed E-state index contributed by atoms with van der Waals surface area (Å²) >= 11 is 0. The highest BCUT2D eigenvalue weighted by Gasteiger charge is 1.94. The van der Waals surface area contributed by atoms with E-state index in [2.05, 4.69) is 6.58 Å². The average molecular weight is 224 g/mol. The van der Waals surface area contributed by atoms with E-state index in [1.165, 1.54) is 12.8 Å². The lowest BCUT2D eigenvalue weighted by atomic mass is 10.2. The van der Waals surface area contributed by atoms with Crippen molar-refractivity contribution >= 4 is 5.83 Å². The lowest BCUT2D eigenvalue weighted by molar-refractivity contribution is 0.198. The van der Waals surface area contributed by atoms with Gasteiger partial charge in [0.05, 0.1) is 0 Å². The third-order valence-electron chi connectivity index (χ3n) is 1.91.